The minimum absolute atomic E-state index is 0.858. The maximum atomic E-state index is 6.03. The molecule has 0 unspecified atom stereocenters. The monoisotopic (exact) mass is 506 g/mol. The largest absolute Gasteiger partial charge is 0.467 e. The average Bonchev–Trinajstić information content (AvgIpc) is 2.68. The van der Waals surface area contributed by atoms with Gasteiger partial charge in [-0.25, -0.2) is 0 Å². The van der Waals surface area contributed by atoms with Gasteiger partial charge in [0, 0.05) is 8.95 Å². The van der Waals surface area contributed by atoms with E-state index >= 15 is 0 Å². The van der Waals surface area contributed by atoms with Crippen LogP contribution in [0.25, 0.3) is 33.7 Å². The van der Waals surface area contributed by atoms with Crippen LogP contribution in [0.4, 0.5) is 0 Å². The second kappa shape index (κ2) is 8.56. The maximum absolute atomic E-state index is 6.03. The van der Waals surface area contributed by atoms with Gasteiger partial charge in [0.05, 0.1) is 0 Å². The van der Waals surface area contributed by atoms with E-state index in [0.717, 1.165) is 31.6 Å². The first-order valence-corrected chi connectivity index (χ1v) is 11.0. The number of allylic oxidation sites excluding steroid dienone is 2. The summed E-state index contributed by atoms with van der Waals surface area (Å²) in [7, 11) is 0. The highest BCUT2D eigenvalue weighted by molar-refractivity contribution is 9.11. The Labute approximate surface area is 188 Å². The highest BCUT2D eigenvalue weighted by Crippen LogP contribution is 2.27. The quantitative estimate of drug-likeness (QED) is 0.250. The molecule has 0 aliphatic carbocycles. The fourth-order valence-corrected chi connectivity index (χ4v) is 4.51. The second-order valence-corrected chi connectivity index (χ2v) is 8.76. The van der Waals surface area contributed by atoms with Crippen LogP contribution < -0.4 is 0 Å². The van der Waals surface area contributed by atoms with E-state index < -0.39 is 0 Å². The Bertz CT molecular complexity index is 1170. The summed E-state index contributed by atoms with van der Waals surface area (Å²) in [5.41, 5.74) is 2.24. The van der Waals surface area contributed by atoms with Crippen molar-refractivity contribution in [2.75, 3.05) is 0 Å². The minimum Gasteiger partial charge on any atom is -0.467 e. The molecule has 4 aromatic carbocycles. The number of hydrogen-bond acceptors (Lipinski definition) is 1. The lowest BCUT2D eigenvalue weighted by molar-refractivity contribution is 0.317. The van der Waals surface area contributed by atoms with Crippen LogP contribution in [0.2, 0.25) is 0 Å². The zero-order valence-corrected chi connectivity index (χ0v) is 19.4. The van der Waals surface area contributed by atoms with Crippen LogP contribution >= 0.6 is 31.9 Å². The number of fused-ring (bicyclic) bond motifs is 2. The molecule has 1 nitrogen and oxygen atoms in total. The van der Waals surface area contributed by atoms with Crippen LogP contribution in [0.15, 0.2) is 93.3 Å². The molecule has 0 radical (unpaired) electrons. The van der Waals surface area contributed by atoms with E-state index in [1.807, 2.05) is 13.8 Å². The van der Waals surface area contributed by atoms with Crippen LogP contribution in [0.3, 0.4) is 0 Å². The molecule has 0 aromatic heterocycles. The SMILES string of the molecule is C/C(=C\c1ccc2c(Br)cccc2c1)O/C(C)=C/c1ccc2c(Br)cccc2c1. The van der Waals surface area contributed by atoms with Gasteiger partial charge < -0.3 is 4.74 Å². The van der Waals surface area contributed by atoms with Gasteiger partial charge >= 0.3 is 0 Å². The van der Waals surface area contributed by atoms with Crippen molar-refractivity contribution in [3.8, 4) is 0 Å². The molecular weight excluding hydrogens is 488 g/mol. The molecule has 29 heavy (non-hydrogen) atoms. The molecule has 0 saturated carbocycles. The summed E-state index contributed by atoms with van der Waals surface area (Å²) in [6, 6.07) is 25.3. The van der Waals surface area contributed by atoms with E-state index in [2.05, 4.69) is 117 Å². The molecule has 0 saturated heterocycles. The molecule has 0 bridgehead atoms. The molecule has 144 valence electrons. The summed E-state index contributed by atoms with van der Waals surface area (Å²) in [6.45, 7) is 3.97. The third-order valence-electron chi connectivity index (χ3n) is 4.76. The Morgan fingerprint density at radius 1 is 0.655 bits per heavy atom. The van der Waals surface area contributed by atoms with Gasteiger partial charge in [0.2, 0.25) is 0 Å². The first-order chi connectivity index (χ1) is 14.0. The summed E-state index contributed by atoms with van der Waals surface area (Å²) in [4.78, 5) is 0. The van der Waals surface area contributed by atoms with Crippen molar-refractivity contribution >= 4 is 65.6 Å². The fraction of sp³-hybridized carbons (Fsp3) is 0.0769. The van der Waals surface area contributed by atoms with E-state index in [4.69, 9.17) is 4.74 Å². The molecule has 0 aliphatic rings. The molecule has 0 amide bonds. The van der Waals surface area contributed by atoms with Gasteiger partial charge in [-0.2, -0.15) is 0 Å². The number of ether oxygens (including phenoxy) is 1. The van der Waals surface area contributed by atoms with Crippen LogP contribution in [0.1, 0.15) is 25.0 Å². The van der Waals surface area contributed by atoms with E-state index in [9.17, 15) is 0 Å². The first kappa shape index (κ1) is 19.9. The van der Waals surface area contributed by atoms with Crippen molar-refractivity contribution in [1.82, 2.24) is 0 Å². The molecular formula is C26H20Br2O. The van der Waals surface area contributed by atoms with Gasteiger partial charge in [-0.3, -0.25) is 0 Å². The van der Waals surface area contributed by atoms with Crippen LogP contribution in [0, 0.1) is 0 Å². The Hall–Kier alpha value is -2.36. The number of hydrogen-bond donors (Lipinski definition) is 0. The smallest absolute Gasteiger partial charge is 0.101 e. The third kappa shape index (κ3) is 4.63. The van der Waals surface area contributed by atoms with Crippen molar-refractivity contribution in [1.29, 1.82) is 0 Å². The van der Waals surface area contributed by atoms with Gasteiger partial charge in [-0.05, 0) is 82.9 Å². The molecule has 0 heterocycles. The van der Waals surface area contributed by atoms with E-state index in [1.165, 1.54) is 21.5 Å². The molecule has 0 N–H and O–H groups in total. The summed E-state index contributed by atoms with van der Waals surface area (Å²) in [5.74, 6) is 1.72. The lowest BCUT2D eigenvalue weighted by Gasteiger charge is -2.08. The molecule has 4 rings (SSSR count). The number of rotatable bonds is 4. The van der Waals surface area contributed by atoms with Crippen molar-refractivity contribution < 1.29 is 4.74 Å². The standard InChI is InChI=1S/C26H20Br2O/c1-17(13-19-9-11-23-21(15-19)5-3-7-25(23)27)29-18(2)14-20-10-12-24-22(16-20)6-4-8-26(24)28/h3-16H,1-2H3/b17-13+,18-14+. The predicted octanol–water partition coefficient (Wildman–Crippen LogP) is 8.96. The van der Waals surface area contributed by atoms with Crippen molar-refractivity contribution in [3.05, 3.63) is 104 Å². The van der Waals surface area contributed by atoms with E-state index in [1.54, 1.807) is 0 Å². The molecule has 0 atom stereocenters. The normalized spacial score (nSPS) is 12.6. The molecule has 3 heteroatoms. The Morgan fingerprint density at radius 3 is 1.55 bits per heavy atom. The number of halogens is 2. The van der Waals surface area contributed by atoms with Crippen molar-refractivity contribution in [3.63, 3.8) is 0 Å². The maximum Gasteiger partial charge on any atom is 0.101 e. The molecule has 0 aliphatic heterocycles. The fourth-order valence-electron chi connectivity index (χ4n) is 3.49. The van der Waals surface area contributed by atoms with E-state index in [-0.39, 0.29) is 0 Å². The lowest BCUT2D eigenvalue weighted by Crippen LogP contribution is -1.87. The highest BCUT2D eigenvalue weighted by Gasteiger charge is 2.02. The summed E-state index contributed by atoms with van der Waals surface area (Å²) < 4.78 is 8.26. The molecule has 0 spiro atoms. The summed E-state index contributed by atoms with van der Waals surface area (Å²) in [5, 5.41) is 4.83. The van der Waals surface area contributed by atoms with E-state index in [0.29, 0.717) is 0 Å². The average molecular weight is 508 g/mol. The van der Waals surface area contributed by atoms with Crippen LogP contribution in [0.5, 0.6) is 0 Å². The second-order valence-electron chi connectivity index (χ2n) is 7.05. The molecule has 4 aromatic rings. The van der Waals surface area contributed by atoms with Gasteiger partial charge in [-0.1, -0.05) is 80.4 Å². The Morgan fingerprint density at radius 2 is 1.10 bits per heavy atom. The summed E-state index contributed by atoms with van der Waals surface area (Å²) in [6.07, 6.45) is 4.13. The van der Waals surface area contributed by atoms with Gasteiger partial charge in [-0.15, -0.1) is 0 Å². The Kier molecular flexibility index (Phi) is 5.89. The minimum atomic E-state index is 0.858. The van der Waals surface area contributed by atoms with Gasteiger partial charge in [0.25, 0.3) is 0 Å². The van der Waals surface area contributed by atoms with Crippen LogP contribution in [-0.4, -0.2) is 0 Å². The predicted molar refractivity (Wildman–Crippen MR) is 132 cm³/mol. The van der Waals surface area contributed by atoms with Crippen LogP contribution in [-0.2, 0) is 4.74 Å². The zero-order valence-electron chi connectivity index (χ0n) is 16.2. The highest BCUT2D eigenvalue weighted by atomic mass is 79.9. The lowest BCUT2D eigenvalue weighted by atomic mass is 10.1. The Balaban J connectivity index is 1.55. The topological polar surface area (TPSA) is 9.23 Å². The van der Waals surface area contributed by atoms with Gasteiger partial charge in [0.15, 0.2) is 0 Å². The zero-order chi connectivity index (χ0) is 20.4. The molecule has 0 fully saturated rings. The van der Waals surface area contributed by atoms with Crippen molar-refractivity contribution in [2.24, 2.45) is 0 Å². The number of benzene rings is 4. The van der Waals surface area contributed by atoms with Gasteiger partial charge in [0.1, 0.15) is 11.5 Å². The summed E-state index contributed by atoms with van der Waals surface area (Å²) >= 11 is 7.21. The third-order valence-corrected chi connectivity index (χ3v) is 6.15. The first-order valence-electron chi connectivity index (χ1n) is 9.41. The van der Waals surface area contributed by atoms with Crippen molar-refractivity contribution in [2.45, 2.75) is 13.8 Å².